The fourth-order valence-corrected chi connectivity index (χ4v) is 3.45. The molecule has 0 saturated carbocycles. The van der Waals surface area contributed by atoms with Crippen molar-refractivity contribution in [3.05, 3.63) is 81.5 Å². The Labute approximate surface area is 207 Å². The Morgan fingerprint density at radius 3 is 2.27 bits per heavy atom. The first kappa shape index (κ1) is 26.3. The van der Waals surface area contributed by atoms with E-state index in [0.29, 0.717) is 13.9 Å². The summed E-state index contributed by atoms with van der Waals surface area (Å²) in [7, 11) is 0. The van der Waals surface area contributed by atoms with Gasteiger partial charge in [0.15, 0.2) is 17.8 Å². The number of halogens is 8. The van der Waals surface area contributed by atoms with E-state index in [1.807, 2.05) is 0 Å². The fourth-order valence-electron chi connectivity index (χ4n) is 3.32. The number of aliphatic hydroxyl groups is 1. The Morgan fingerprint density at radius 2 is 1.68 bits per heavy atom. The van der Waals surface area contributed by atoms with Gasteiger partial charge >= 0.3 is 18.0 Å². The zero-order valence-corrected chi connectivity index (χ0v) is 18.9. The molecule has 0 amide bonds. The molecule has 37 heavy (non-hydrogen) atoms. The van der Waals surface area contributed by atoms with Crippen LogP contribution in [0, 0.1) is 5.82 Å². The SMILES string of the molecule is O=c1n(Cc2nc(C(F)(F)F)n(-c3cccc(F)c3)n2)nc(-c2ccc(Cl)cc2)n1C[C@H](O)C(F)(F)F. The molecule has 196 valence electrons. The Hall–Kier alpha value is -3.72. The summed E-state index contributed by atoms with van der Waals surface area (Å²) in [6.45, 7) is -2.01. The number of rotatable bonds is 6. The minimum atomic E-state index is -5.06. The minimum Gasteiger partial charge on any atom is -0.382 e. The molecule has 2 aromatic heterocycles. The van der Waals surface area contributed by atoms with Gasteiger partial charge in [-0.15, -0.1) is 10.2 Å². The molecule has 0 radical (unpaired) electrons. The minimum absolute atomic E-state index is 0.142. The van der Waals surface area contributed by atoms with E-state index in [0.717, 1.165) is 24.3 Å². The number of hydrogen-bond acceptors (Lipinski definition) is 5. The molecule has 2 heterocycles. The Bertz CT molecular complexity index is 1470. The van der Waals surface area contributed by atoms with Crippen molar-refractivity contribution in [3.63, 3.8) is 0 Å². The van der Waals surface area contributed by atoms with Gasteiger partial charge in [-0.2, -0.15) is 26.3 Å². The molecule has 0 unspecified atom stereocenters. The predicted octanol–water partition coefficient (Wildman–Crippen LogP) is 4.08. The zero-order valence-electron chi connectivity index (χ0n) is 18.2. The van der Waals surface area contributed by atoms with Crippen molar-refractivity contribution in [2.45, 2.75) is 31.5 Å². The third kappa shape index (κ3) is 5.67. The maximum atomic E-state index is 13.6. The van der Waals surface area contributed by atoms with Gasteiger partial charge in [-0.1, -0.05) is 17.7 Å². The molecule has 0 aliphatic rings. The molecule has 2 aromatic carbocycles. The molecule has 4 aromatic rings. The third-order valence-electron chi connectivity index (χ3n) is 5.01. The summed E-state index contributed by atoms with van der Waals surface area (Å²) in [4.78, 5) is 16.3. The molecular weight excluding hydrogens is 537 g/mol. The van der Waals surface area contributed by atoms with Crippen LogP contribution in [-0.2, 0) is 19.3 Å². The number of benzene rings is 2. The summed E-state index contributed by atoms with van der Waals surface area (Å²) in [5, 5.41) is 17.5. The number of alkyl halides is 6. The molecule has 16 heteroatoms. The van der Waals surface area contributed by atoms with Gasteiger partial charge < -0.3 is 5.11 Å². The number of aromatic nitrogens is 6. The van der Waals surface area contributed by atoms with E-state index in [4.69, 9.17) is 11.6 Å². The van der Waals surface area contributed by atoms with Crippen LogP contribution in [0.4, 0.5) is 30.7 Å². The summed E-state index contributed by atoms with van der Waals surface area (Å²) in [6.07, 6.45) is -13.0. The Kier molecular flexibility index (Phi) is 6.85. The average Bonchev–Trinajstić information content (AvgIpc) is 3.36. The van der Waals surface area contributed by atoms with Crippen LogP contribution >= 0.6 is 11.6 Å². The lowest BCUT2D eigenvalue weighted by atomic mass is 10.2. The predicted molar refractivity (Wildman–Crippen MR) is 114 cm³/mol. The van der Waals surface area contributed by atoms with Crippen LogP contribution in [0.25, 0.3) is 17.1 Å². The molecule has 0 aliphatic carbocycles. The van der Waals surface area contributed by atoms with Crippen molar-refractivity contribution in [2.75, 3.05) is 0 Å². The summed E-state index contributed by atoms with van der Waals surface area (Å²) < 4.78 is 94.8. The van der Waals surface area contributed by atoms with Crippen molar-refractivity contribution in [2.24, 2.45) is 0 Å². The van der Waals surface area contributed by atoms with E-state index in [1.54, 1.807) is 0 Å². The second kappa shape index (κ2) is 9.63. The molecule has 8 nitrogen and oxygen atoms in total. The summed E-state index contributed by atoms with van der Waals surface area (Å²) in [5.74, 6) is -3.26. The fraction of sp³-hybridized carbons (Fsp3) is 0.238. The number of aliphatic hydroxyl groups excluding tert-OH is 1. The first-order valence-corrected chi connectivity index (χ1v) is 10.6. The van der Waals surface area contributed by atoms with Gasteiger partial charge in [-0.3, -0.25) is 4.57 Å². The van der Waals surface area contributed by atoms with Crippen molar-refractivity contribution in [1.82, 2.24) is 29.1 Å². The summed E-state index contributed by atoms with van der Waals surface area (Å²) >= 11 is 5.82. The molecule has 1 atom stereocenters. The van der Waals surface area contributed by atoms with Gasteiger partial charge in [0.05, 0.1) is 12.2 Å². The molecular formula is C21H14ClF7N6O2. The van der Waals surface area contributed by atoms with Gasteiger partial charge in [0, 0.05) is 10.6 Å². The molecule has 0 spiro atoms. The average molecular weight is 551 g/mol. The lowest BCUT2D eigenvalue weighted by Crippen LogP contribution is -2.37. The van der Waals surface area contributed by atoms with Crippen molar-refractivity contribution in [1.29, 1.82) is 0 Å². The highest BCUT2D eigenvalue weighted by atomic mass is 35.5. The van der Waals surface area contributed by atoms with Gasteiger partial charge in [0.2, 0.25) is 5.82 Å². The van der Waals surface area contributed by atoms with Crippen molar-refractivity contribution >= 4 is 11.6 Å². The zero-order chi connectivity index (χ0) is 27.1. The maximum Gasteiger partial charge on any atom is 0.451 e. The van der Waals surface area contributed by atoms with Crippen LogP contribution in [0.5, 0.6) is 0 Å². The van der Waals surface area contributed by atoms with E-state index in [-0.39, 0.29) is 22.1 Å². The quantitative estimate of drug-likeness (QED) is 0.366. The van der Waals surface area contributed by atoms with E-state index in [1.165, 1.54) is 24.3 Å². The van der Waals surface area contributed by atoms with Crippen molar-refractivity contribution < 1.29 is 35.8 Å². The monoisotopic (exact) mass is 550 g/mol. The van der Waals surface area contributed by atoms with E-state index in [9.17, 15) is 40.6 Å². The van der Waals surface area contributed by atoms with Crippen LogP contribution in [0.15, 0.2) is 53.3 Å². The molecule has 1 N–H and O–H groups in total. The second-order valence-electron chi connectivity index (χ2n) is 7.68. The largest absolute Gasteiger partial charge is 0.451 e. The summed E-state index contributed by atoms with van der Waals surface area (Å²) in [6, 6.07) is 9.55. The molecule has 0 aliphatic heterocycles. The highest BCUT2D eigenvalue weighted by Crippen LogP contribution is 2.30. The molecule has 0 fully saturated rings. The van der Waals surface area contributed by atoms with E-state index in [2.05, 4.69) is 15.2 Å². The lowest BCUT2D eigenvalue weighted by Gasteiger charge is -2.15. The van der Waals surface area contributed by atoms with Gasteiger partial charge in [-0.05, 0) is 42.5 Å². The highest BCUT2D eigenvalue weighted by Gasteiger charge is 2.40. The molecule has 4 rings (SSSR count). The van der Waals surface area contributed by atoms with Crippen LogP contribution in [0.2, 0.25) is 5.02 Å². The van der Waals surface area contributed by atoms with Crippen molar-refractivity contribution in [3.8, 4) is 17.1 Å². The number of nitrogens with zero attached hydrogens (tertiary/aromatic N) is 6. The third-order valence-corrected chi connectivity index (χ3v) is 5.26. The van der Waals surface area contributed by atoms with Crippen LogP contribution in [-0.4, -0.2) is 46.5 Å². The van der Waals surface area contributed by atoms with Gasteiger partial charge in [0.25, 0.3) is 0 Å². The maximum absolute atomic E-state index is 13.6. The molecule has 0 saturated heterocycles. The lowest BCUT2D eigenvalue weighted by molar-refractivity contribution is -0.207. The number of hydrogen-bond donors (Lipinski definition) is 1. The Balaban J connectivity index is 1.79. The van der Waals surface area contributed by atoms with Gasteiger partial charge in [-0.25, -0.2) is 23.5 Å². The first-order valence-electron chi connectivity index (χ1n) is 10.2. The van der Waals surface area contributed by atoms with Crippen LogP contribution < -0.4 is 5.69 Å². The smallest absolute Gasteiger partial charge is 0.382 e. The van der Waals surface area contributed by atoms with E-state index >= 15 is 0 Å². The van der Waals surface area contributed by atoms with Gasteiger partial charge in [0.1, 0.15) is 12.4 Å². The first-order chi connectivity index (χ1) is 17.2. The highest BCUT2D eigenvalue weighted by molar-refractivity contribution is 6.30. The standard InChI is InChI=1S/C21H14ClF7N6O2/c22-12-6-4-11(5-7-12)17-32-34(19(37)33(17)9-15(36)20(24,25)26)10-16-30-18(21(27,28)29)35(31-16)14-3-1-2-13(23)8-14/h1-8,15,36H,9-10H2/t15-/m0/s1. The van der Waals surface area contributed by atoms with Crippen LogP contribution in [0.1, 0.15) is 11.6 Å². The topological polar surface area (TPSA) is 90.8 Å². The summed E-state index contributed by atoms with van der Waals surface area (Å²) in [5.41, 5.74) is -1.34. The Morgan fingerprint density at radius 1 is 1.00 bits per heavy atom. The second-order valence-corrected chi connectivity index (χ2v) is 8.12. The normalized spacial score (nSPS) is 13.2. The van der Waals surface area contributed by atoms with E-state index < -0.39 is 54.7 Å². The van der Waals surface area contributed by atoms with Crippen LogP contribution in [0.3, 0.4) is 0 Å². The molecule has 0 bridgehead atoms.